The normalized spacial score (nSPS) is 37.9. The lowest BCUT2D eigenvalue weighted by Gasteiger charge is -2.17. The Bertz CT molecular complexity index is 382. The molecule has 1 saturated heterocycles. The second-order valence-electron chi connectivity index (χ2n) is 3.95. The third-order valence-electron chi connectivity index (χ3n) is 2.83. The predicted octanol–water partition coefficient (Wildman–Crippen LogP) is -2.15. The quantitative estimate of drug-likeness (QED) is 0.412. The number of carbonyl (C=O) groups excluding carboxylic acids is 1. The highest BCUT2D eigenvalue weighted by molar-refractivity contribution is 5.66. The first-order valence-electron chi connectivity index (χ1n) is 5.12. The lowest BCUT2D eigenvalue weighted by molar-refractivity contribution is -0.379. The Balaban J connectivity index is 2.16. The van der Waals surface area contributed by atoms with Gasteiger partial charge in [0.1, 0.15) is 31.0 Å². The molecule has 0 aliphatic carbocycles. The highest BCUT2D eigenvalue weighted by Crippen LogP contribution is 2.26. The van der Waals surface area contributed by atoms with Crippen LogP contribution in [0.3, 0.4) is 0 Å². The second-order valence-corrected chi connectivity index (χ2v) is 3.95. The standard InChI is InChI=1S/C9H12N2O6/c12-3-5-6(13)7(14)8(17-5)4-1-10-9(15)11(16)2-4/h2,5-8,12-14H,1,3H2/p+1/t5-,6-,7-,8+/m1/s1. The Hall–Kier alpha value is -1.35. The summed E-state index contributed by atoms with van der Waals surface area (Å²) in [5, 5.41) is 30.4. The van der Waals surface area contributed by atoms with Crippen molar-refractivity contribution in [1.82, 2.24) is 5.32 Å². The van der Waals surface area contributed by atoms with Crippen LogP contribution in [0.1, 0.15) is 0 Å². The van der Waals surface area contributed by atoms with Crippen LogP contribution in [-0.2, 0) is 4.74 Å². The SMILES string of the molecule is O=C1NCC([C@@H]2O[C@H](CO)[C@@H](O)[C@H]2O)=C[N+]1=O. The largest absolute Gasteiger partial charge is 0.534 e. The summed E-state index contributed by atoms with van der Waals surface area (Å²) in [6, 6.07) is -0.791. The number of aliphatic hydroxyl groups excluding tert-OH is 3. The monoisotopic (exact) mass is 245 g/mol. The molecule has 0 aromatic heterocycles. The Labute approximate surface area is 96.1 Å². The van der Waals surface area contributed by atoms with Crippen molar-refractivity contribution in [2.24, 2.45) is 0 Å². The first-order chi connectivity index (χ1) is 8.04. The van der Waals surface area contributed by atoms with E-state index in [0.717, 1.165) is 6.20 Å². The summed E-state index contributed by atoms with van der Waals surface area (Å²) in [5.74, 6) is 0. The molecule has 2 rings (SSSR count). The lowest BCUT2D eigenvalue weighted by Crippen LogP contribution is -2.41. The molecule has 0 aromatic carbocycles. The van der Waals surface area contributed by atoms with Crippen molar-refractivity contribution in [2.45, 2.75) is 24.4 Å². The summed E-state index contributed by atoms with van der Waals surface area (Å²) in [5.41, 5.74) is 0.349. The van der Waals surface area contributed by atoms with Crippen molar-refractivity contribution in [1.29, 1.82) is 0 Å². The first-order valence-corrected chi connectivity index (χ1v) is 5.12. The summed E-state index contributed by atoms with van der Waals surface area (Å²) in [4.78, 5) is 22.0. The molecule has 0 bridgehead atoms. The maximum atomic E-state index is 11.1. The number of nitroso groups, excluding NO2 is 1. The van der Waals surface area contributed by atoms with Crippen molar-refractivity contribution in [3.05, 3.63) is 16.7 Å². The topological polar surface area (TPSA) is 119 Å². The van der Waals surface area contributed by atoms with E-state index >= 15 is 0 Å². The fourth-order valence-electron chi connectivity index (χ4n) is 1.89. The van der Waals surface area contributed by atoms with Gasteiger partial charge in [0.2, 0.25) is 0 Å². The molecule has 0 radical (unpaired) electrons. The fraction of sp³-hybridized carbons (Fsp3) is 0.667. The van der Waals surface area contributed by atoms with Crippen LogP contribution >= 0.6 is 0 Å². The lowest BCUT2D eigenvalue weighted by atomic mass is 10.0. The van der Waals surface area contributed by atoms with Gasteiger partial charge in [-0.3, -0.25) is 0 Å². The van der Waals surface area contributed by atoms with Crippen LogP contribution in [0.2, 0.25) is 0 Å². The third kappa shape index (κ3) is 2.07. The van der Waals surface area contributed by atoms with Gasteiger partial charge in [-0.25, -0.2) is 5.32 Å². The van der Waals surface area contributed by atoms with E-state index in [0.29, 0.717) is 5.57 Å². The van der Waals surface area contributed by atoms with E-state index in [4.69, 9.17) is 9.84 Å². The molecular weight excluding hydrogens is 232 g/mol. The van der Waals surface area contributed by atoms with Gasteiger partial charge in [0.15, 0.2) is 6.20 Å². The Morgan fingerprint density at radius 3 is 2.71 bits per heavy atom. The smallest absolute Gasteiger partial charge is 0.394 e. The minimum absolute atomic E-state index is 0.0597. The number of rotatable bonds is 2. The van der Waals surface area contributed by atoms with Gasteiger partial charge in [0.05, 0.1) is 6.61 Å². The van der Waals surface area contributed by atoms with Crippen LogP contribution in [0.4, 0.5) is 4.79 Å². The highest BCUT2D eigenvalue weighted by Gasteiger charge is 2.46. The summed E-state index contributed by atoms with van der Waals surface area (Å²) in [6.45, 7) is -0.375. The molecule has 8 nitrogen and oxygen atoms in total. The number of urea groups is 1. The molecule has 4 atom stereocenters. The molecule has 94 valence electrons. The van der Waals surface area contributed by atoms with Gasteiger partial charge in [0, 0.05) is 10.3 Å². The number of nitrogens with one attached hydrogen (secondary N) is 1. The van der Waals surface area contributed by atoms with Gasteiger partial charge in [0.25, 0.3) is 0 Å². The third-order valence-corrected chi connectivity index (χ3v) is 2.83. The molecule has 0 aromatic rings. The van der Waals surface area contributed by atoms with Gasteiger partial charge in [-0.05, 0) is 0 Å². The van der Waals surface area contributed by atoms with E-state index in [1.807, 2.05) is 0 Å². The molecule has 17 heavy (non-hydrogen) atoms. The molecule has 0 unspecified atom stereocenters. The van der Waals surface area contributed by atoms with E-state index in [1.165, 1.54) is 0 Å². The minimum Gasteiger partial charge on any atom is -0.394 e. The zero-order chi connectivity index (χ0) is 12.6. The average molecular weight is 245 g/mol. The van der Waals surface area contributed by atoms with Crippen LogP contribution < -0.4 is 5.32 Å². The fourth-order valence-corrected chi connectivity index (χ4v) is 1.89. The predicted molar refractivity (Wildman–Crippen MR) is 52.9 cm³/mol. The number of hydrogen-bond acceptors (Lipinski definition) is 6. The summed E-state index contributed by atoms with van der Waals surface area (Å²) < 4.78 is 5.31. The van der Waals surface area contributed by atoms with E-state index in [9.17, 15) is 19.9 Å². The van der Waals surface area contributed by atoms with Crippen molar-refractivity contribution in [3.63, 3.8) is 0 Å². The molecule has 0 spiro atoms. The average Bonchev–Trinajstić information content (AvgIpc) is 2.60. The summed E-state index contributed by atoms with van der Waals surface area (Å²) >= 11 is 0. The Kier molecular flexibility index (Phi) is 3.20. The molecule has 4 N–H and O–H groups in total. The van der Waals surface area contributed by atoms with Crippen LogP contribution in [-0.4, -0.2) is 63.7 Å². The summed E-state index contributed by atoms with van der Waals surface area (Å²) in [6.07, 6.45) is -3.24. The maximum Gasteiger partial charge on any atom is 0.534 e. The van der Waals surface area contributed by atoms with E-state index < -0.39 is 37.1 Å². The van der Waals surface area contributed by atoms with Crippen LogP contribution in [0, 0.1) is 4.91 Å². The van der Waals surface area contributed by atoms with E-state index in [2.05, 4.69) is 5.32 Å². The van der Waals surface area contributed by atoms with Gasteiger partial charge in [-0.1, -0.05) is 4.91 Å². The van der Waals surface area contributed by atoms with Crippen molar-refractivity contribution in [2.75, 3.05) is 13.2 Å². The molecular formula is C9H13N2O6+. The van der Waals surface area contributed by atoms with Crippen molar-refractivity contribution >= 4 is 6.03 Å². The number of carbonyl (C=O) groups is 1. The van der Waals surface area contributed by atoms with Gasteiger partial charge in [-0.15, -0.1) is 0 Å². The van der Waals surface area contributed by atoms with Crippen LogP contribution in [0.15, 0.2) is 11.8 Å². The first kappa shape index (κ1) is 12.1. The molecule has 0 saturated carbocycles. The number of aliphatic hydroxyl groups is 3. The number of hydrogen-bond donors (Lipinski definition) is 4. The highest BCUT2D eigenvalue weighted by atomic mass is 16.6. The Morgan fingerprint density at radius 2 is 2.18 bits per heavy atom. The van der Waals surface area contributed by atoms with Gasteiger partial charge < -0.3 is 20.1 Å². The number of ether oxygens (including phenoxy) is 1. The summed E-state index contributed by atoms with van der Waals surface area (Å²) in [7, 11) is 0. The Morgan fingerprint density at radius 1 is 1.47 bits per heavy atom. The second kappa shape index (κ2) is 4.49. The number of nitrogens with zero attached hydrogens (tertiary/aromatic N) is 1. The number of amides is 2. The molecule has 2 aliphatic rings. The molecule has 2 heterocycles. The van der Waals surface area contributed by atoms with Gasteiger partial charge in [-0.2, -0.15) is 4.79 Å². The zero-order valence-corrected chi connectivity index (χ0v) is 8.81. The molecule has 2 amide bonds. The van der Waals surface area contributed by atoms with E-state index in [1.54, 1.807) is 0 Å². The zero-order valence-electron chi connectivity index (χ0n) is 8.81. The molecule has 1 fully saturated rings. The molecule has 2 aliphatic heterocycles. The van der Waals surface area contributed by atoms with Crippen molar-refractivity contribution < 1.29 is 29.6 Å². The molecule has 8 heteroatoms. The van der Waals surface area contributed by atoms with Gasteiger partial charge >= 0.3 is 6.03 Å². The minimum atomic E-state index is -1.23. The van der Waals surface area contributed by atoms with Crippen LogP contribution in [0.5, 0.6) is 0 Å². The van der Waals surface area contributed by atoms with Crippen molar-refractivity contribution in [3.8, 4) is 0 Å². The van der Waals surface area contributed by atoms with E-state index in [-0.39, 0.29) is 11.3 Å². The maximum absolute atomic E-state index is 11.1. The van der Waals surface area contributed by atoms with Crippen LogP contribution in [0.25, 0.3) is 0 Å².